The van der Waals surface area contributed by atoms with Crippen LogP contribution in [0.25, 0.3) is 11.3 Å². The zero-order chi connectivity index (χ0) is 21.6. The number of aromatic nitrogens is 1. The van der Waals surface area contributed by atoms with Gasteiger partial charge in [-0.3, -0.25) is 4.79 Å². The fourth-order valence-electron chi connectivity index (χ4n) is 2.95. The Morgan fingerprint density at radius 1 is 1.10 bits per heavy atom. The van der Waals surface area contributed by atoms with Gasteiger partial charge < -0.3 is 14.6 Å². The van der Waals surface area contributed by atoms with Crippen molar-refractivity contribution in [1.82, 2.24) is 10.5 Å². The van der Waals surface area contributed by atoms with Gasteiger partial charge >= 0.3 is 0 Å². The molecule has 0 atom stereocenters. The van der Waals surface area contributed by atoms with Crippen molar-refractivity contribution in [3.05, 3.63) is 71.4 Å². The maximum atomic E-state index is 12.3. The molecule has 0 fully saturated rings. The highest BCUT2D eigenvalue weighted by atomic mass is 32.2. The molecule has 0 aliphatic heterocycles. The number of methoxy groups -OCH3 is 1. The van der Waals surface area contributed by atoms with Gasteiger partial charge in [0.15, 0.2) is 15.6 Å². The van der Waals surface area contributed by atoms with Gasteiger partial charge in [-0.15, -0.1) is 0 Å². The summed E-state index contributed by atoms with van der Waals surface area (Å²) in [6.07, 6.45) is 0.140. The molecule has 0 saturated heterocycles. The van der Waals surface area contributed by atoms with Crippen molar-refractivity contribution in [2.45, 2.75) is 24.8 Å². The molecule has 0 aliphatic carbocycles. The van der Waals surface area contributed by atoms with E-state index >= 15 is 0 Å². The molecule has 0 spiro atoms. The van der Waals surface area contributed by atoms with Crippen molar-refractivity contribution < 1.29 is 22.5 Å². The van der Waals surface area contributed by atoms with Crippen molar-refractivity contribution in [2.75, 3.05) is 19.5 Å². The van der Waals surface area contributed by atoms with E-state index in [1.165, 1.54) is 19.2 Å². The van der Waals surface area contributed by atoms with Gasteiger partial charge in [0.1, 0.15) is 5.69 Å². The topological polar surface area (TPSA) is 98.5 Å². The molecular formula is C22H24N2O5S. The molecule has 0 radical (unpaired) electrons. The number of benzene rings is 2. The lowest BCUT2D eigenvalue weighted by molar-refractivity contribution is -0.120. The third kappa shape index (κ3) is 5.34. The SMILES string of the molecule is COCCS(=O)(=O)c1ccc(CC(=O)NCc2noc(-c3ccccc3)c2C)cc1. The van der Waals surface area contributed by atoms with E-state index in [1.807, 2.05) is 37.3 Å². The summed E-state index contributed by atoms with van der Waals surface area (Å²) in [6.45, 7) is 2.30. The summed E-state index contributed by atoms with van der Waals surface area (Å²) in [6, 6.07) is 16.0. The van der Waals surface area contributed by atoms with Crippen LogP contribution in [0.2, 0.25) is 0 Å². The Hall–Kier alpha value is -2.97. The lowest BCUT2D eigenvalue weighted by atomic mass is 10.1. The Bertz CT molecular complexity index is 1090. The van der Waals surface area contributed by atoms with E-state index in [1.54, 1.807) is 12.1 Å². The Balaban J connectivity index is 1.57. The first-order chi connectivity index (χ1) is 14.4. The number of hydrogen-bond acceptors (Lipinski definition) is 6. The number of carbonyl (C=O) groups excluding carboxylic acids is 1. The summed E-state index contributed by atoms with van der Waals surface area (Å²) in [4.78, 5) is 12.5. The molecule has 8 heteroatoms. The van der Waals surface area contributed by atoms with E-state index in [2.05, 4.69) is 10.5 Å². The third-order valence-electron chi connectivity index (χ3n) is 4.71. The average molecular weight is 429 g/mol. The summed E-state index contributed by atoms with van der Waals surface area (Å²) >= 11 is 0. The Morgan fingerprint density at radius 3 is 2.47 bits per heavy atom. The van der Waals surface area contributed by atoms with Crippen LogP contribution in [0.3, 0.4) is 0 Å². The maximum Gasteiger partial charge on any atom is 0.224 e. The van der Waals surface area contributed by atoms with Crippen LogP contribution in [-0.2, 0) is 32.3 Å². The standard InChI is InChI=1S/C22H24N2O5S/c1-16-20(24-29-22(16)18-6-4-3-5-7-18)15-23-21(25)14-17-8-10-19(11-9-17)30(26,27)13-12-28-2/h3-11H,12-15H2,1-2H3,(H,23,25). The van der Waals surface area contributed by atoms with Crippen LogP contribution in [0.15, 0.2) is 64.0 Å². The van der Waals surface area contributed by atoms with Crippen LogP contribution >= 0.6 is 0 Å². The van der Waals surface area contributed by atoms with Gasteiger partial charge in [0.05, 0.1) is 30.2 Å². The van der Waals surface area contributed by atoms with Crippen LogP contribution < -0.4 is 5.32 Å². The quantitative estimate of drug-likeness (QED) is 0.563. The molecule has 0 saturated carbocycles. The Morgan fingerprint density at radius 2 is 1.80 bits per heavy atom. The molecule has 2 aromatic carbocycles. The second-order valence-corrected chi connectivity index (χ2v) is 8.97. The normalized spacial score (nSPS) is 11.4. The molecule has 30 heavy (non-hydrogen) atoms. The fraction of sp³-hybridized carbons (Fsp3) is 0.273. The fourth-order valence-corrected chi connectivity index (χ4v) is 4.12. The number of hydrogen-bond donors (Lipinski definition) is 1. The lowest BCUT2D eigenvalue weighted by Crippen LogP contribution is -2.25. The van der Waals surface area contributed by atoms with Gasteiger partial charge in [0.2, 0.25) is 5.91 Å². The summed E-state index contributed by atoms with van der Waals surface area (Å²) in [7, 11) is -1.92. The van der Waals surface area contributed by atoms with Gasteiger partial charge in [-0.25, -0.2) is 8.42 Å². The number of ether oxygens (including phenoxy) is 1. The number of carbonyl (C=O) groups is 1. The number of rotatable bonds is 9. The molecule has 1 aromatic heterocycles. The van der Waals surface area contributed by atoms with Crippen molar-refractivity contribution in [1.29, 1.82) is 0 Å². The van der Waals surface area contributed by atoms with Crippen molar-refractivity contribution >= 4 is 15.7 Å². The van der Waals surface area contributed by atoms with E-state index in [-0.39, 0.29) is 36.1 Å². The Kier molecular flexibility index (Phi) is 7.02. The molecular weight excluding hydrogens is 404 g/mol. The molecule has 0 aliphatic rings. The van der Waals surface area contributed by atoms with E-state index in [9.17, 15) is 13.2 Å². The zero-order valence-corrected chi connectivity index (χ0v) is 17.7. The molecule has 3 aromatic rings. The first kappa shape index (κ1) is 21.7. The predicted molar refractivity (Wildman–Crippen MR) is 113 cm³/mol. The summed E-state index contributed by atoms with van der Waals surface area (Å²) in [5.41, 5.74) is 3.20. The summed E-state index contributed by atoms with van der Waals surface area (Å²) in [5, 5.41) is 6.90. The average Bonchev–Trinajstić information content (AvgIpc) is 3.12. The predicted octanol–water partition coefficient (Wildman–Crippen LogP) is 2.93. The van der Waals surface area contributed by atoms with Crippen LogP contribution in [0.1, 0.15) is 16.8 Å². The number of amides is 1. The second kappa shape index (κ2) is 9.69. The van der Waals surface area contributed by atoms with Crippen LogP contribution in [0.4, 0.5) is 0 Å². The molecule has 0 unspecified atom stereocenters. The molecule has 158 valence electrons. The Labute approximate surface area is 176 Å². The molecule has 1 amide bonds. The molecule has 7 nitrogen and oxygen atoms in total. The lowest BCUT2D eigenvalue weighted by Gasteiger charge is -2.07. The number of sulfone groups is 1. The van der Waals surface area contributed by atoms with Gasteiger partial charge in [0.25, 0.3) is 0 Å². The van der Waals surface area contributed by atoms with Crippen LogP contribution in [-0.4, -0.2) is 39.0 Å². The highest BCUT2D eigenvalue weighted by Crippen LogP contribution is 2.25. The first-order valence-electron chi connectivity index (χ1n) is 9.48. The highest BCUT2D eigenvalue weighted by Gasteiger charge is 2.16. The molecule has 1 heterocycles. The van der Waals surface area contributed by atoms with Gasteiger partial charge in [-0.05, 0) is 24.6 Å². The van der Waals surface area contributed by atoms with E-state index in [4.69, 9.17) is 9.26 Å². The van der Waals surface area contributed by atoms with E-state index in [0.29, 0.717) is 11.5 Å². The van der Waals surface area contributed by atoms with Gasteiger partial charge in [-0.1, -0.05) is 47.6 Å². The summed E-state index contributed by atoms with van der Waals surface area (Å²) in [5.74, 6) is 0.421. The molecule has 3 rings (SSSR count). The van der Waals surface area contributed by atoms with E-state index < -0.39 is 9.84 Å². The van der Waals surface area contributed by atoms with Crippen molar-refractivity contribution in [3.63, 3.8) is 0 Å². The maximum absolute atomic E-state index is 12.3. The smallest absolute Gasteiger partial charge is 0.224 e. The minimum atomic E-state index is -3.38. The van der Waals surface area contributed by atoms with Gasteiger partial charge in [0, 0.05) is 18.2 Å². The van der Waals surface area contributed by atoms with Crippen LogP contribution in [0, 0.1) is 6.92 Å². The largest absolute Gasteiger partial charge is 0.384 e. The number of nitrogens with one attached hydrogen (secondary N) is 1. The van der Waals surface area contributed by atoms with E-state index in [0.717, 1.165) is 16.7 Å². The summed E-state index contributed by atoms with van der Waals surface area (Å²) < 4.78 is 34.6. The van der Waals surface area contributed by atoms with Crippen molar-refractivity contribution in [2.24, 2.45) is 0 Å². The first-order valence-corrected chi connectivity index (χ1v) is 11.1. The monoisotopic (exact) mass is 428 g/mol. The zero-order valence-electron chi connectivity index (χ0n) is 16.9. The van der Waals surface area contributed by atoms with Crippen LogP contribution in [0.5, 0.6) is 0 Å². The highest BCUT2D eigenvalue weighted by molar-refractivity contribution is 7.91. The van der Waals surface area contributed by atoms with Gasteiger partial charge in [-0.2, -0.15) is 0 Å². The second-order valence-electron chi connectivity index (χ2n) is 6.86. The molecule has 1 N–H and O–H groups in total. The molecule has 0 bridgehead atoms. The number of nitrogens with zero attached hydrogens (tertiary/aromatic N) is 1. The minimum Gasteiger partial charge on any atom is -0.384 e. The minimum absolute atomic E-state index is 0.0780. The third-order valence-corrected chi connectivity index (χ3v) is 6.41. The van der Waals surface area contributed by atoms with Crippen molar-refractivity contribution in [3.8, 4) is 11.3 Å².